The lowest BCUT2D eigenvalue weighted by atomic mass is 10.2. The minimum atomic E-state index is -0.592. The lowest BCUT2D eigenvalue weighted by Crippen LogP contribution is -2.50. The highest BCUT2D eigenvalue weighted by Gasteiger charge is 2.31. The molecular formula is C21H26N4O5. The number of piperazine rings is 1. The van der Waals surface area contributed by atoms with Crippen LogP contribution < -0.4 is 24.7 Å². The van der Waals surface area contributed by atoms with E-state index in [1.165, 1.54) is 7.11 Å². The van der Waals surface area contributed by atoms with Gasteiger partial charge in [0.15, 0.2) is 0 Å². The van der Waals surface area contributed by atoms with Gasteiger partial charge in [-0.2, -0.15) is 0 Å². The molecule has 0 aliphatic carbocycles. The Morgan fingerprint density at radius 3 is 2.63 bits per heavy atom. The summed E-state index contributed by atoms with van der Waals surface area (Å²) < 4.78 is 10.8. The fourth-order valence-corrected chi connectivity index (χ4v) is 3.47. The molecule has 0 bridgehead atoms. The standard InChI is InChI=1S/C21H26N4O5/c1-4-5-9-17-19(26)22-18(21(30-3)25(17)28)20(27)24-12-10-23(11-13-24)15-7-6-8-16(14-15)29-2/h4,6-8,14H,1,5,9-13H2,2-3H3,(H,22,26). The van der Waals surface area contributed by atoms with E-state index in [2.05, 4.69) is 16.5 Å². The molecule has 0 saturated carbocycles. The number of benzene rings is 1. The van der Waals surface area contributed by atoms with E-state index in [9.17, 15) is 14.8 Å². The van der Waals surface area contributed by atoms with Crippen molar-refractivity contribution in [3.8, 4) is 11.6 Å². The number of methoxy groups -OCH3 is 2. The van der Waals surface area contributed by atoms with Crippen molar-refractivity contribution in [3.05, 3.63) is 63.9 Å². The summed E-state index contributed by atoms with van der Waals surface area (Å²) in [7, 11) is 2.92. The number of nitrogens with one attached hydrogen (secondary N) is 1. The average Bonchev–Trinajstić information content (AvgIpc) is 2.78. The van der Waals surface area contributed by atoms with Gasteiger partial charge in [-0.15, -0.1) is 11.3 Å². The lowest BCUT2D eigenvalue weighted by molar-refractivity contribution is -0.622. The van der Waals surface area contributed by atoms with Gasteiger partial charge in [-0.05, 0) is 18.6 Å². The summed E-state index contributed by atoms with van der Waals surface area (Å²) in [5.41, 5.74) is 0.281. The van der Waals surface area contributed by atoms with E-state index in [1.807, 2.05) is 24.3 Å². The number of carbonyl (C=O) groups excluding carboxylic acids is 1. The molecule has 2 heterocycles. The van der Waals surface area contributed by atoms with E-state index in [0.717, 1.165) is 11.4 Å². The highest BCUT2D eigenvalue weighted by atomic mass is 16.5. The van der Waals surface area contributed by atoms with Crippen molar-refractivity contribution in [1.29, 1.82) is 0 Å². The summed E-state index contributed by atoms with van der Waals surface area (Å²) in [5, 5.41) is 12.6. The number of H-pyrrole nitrogens is 1. The molecule has 1 N–H and O–H groups in total. The maximum Gasteiger partial charge on any atom is 0.409 e. The first-order chi connectivity index (χ1) is 14.5. The van der Waals surface area contributed by atoms with Gasteiger partial charge in [0.25, 0.3) is 11.6 Å². The SMILES string of the molecule is C=CCCc1c(=O)[nH]c(C(=O)N2CCN(c3cccc(OC)c3)CC2)c(OC)[n+]1[O-]. The second-order valence-electron chi connectivity index (χ2n) is 6.89. The molecule has 0 unspecified atom stereocenters. The third kappa shape index (κ3) is 4.24. The second-order valence-corrected chi connectivity index (χ2v) is 6.89. The van der Waals surface area contributed by atoms with E-state index in [1.54, 1.807) is 18.1 Å². The number of aromatic amines is 1. The van der Waals surface area contributed by atoms with Crippen LogP contribution in [0, 0.1) is 5.21 Å². The van der Waals surface area contributed by atoms with E-state index in [-0.39, 0.29) is 23.7 Å². The first-order valence-corrected chi connectivity index (χ1v) is 9.72. The van der Waals surface area contributed by atoms with E-state index in [4.69, 9.17) is 9.47 Å². The first kappa shape index (κ1) is 21.2. The zero-order valence-corrected chi connectivity index (χ0v) is 17.2. The van der Waals surface area contributed by atoms with Crippen LogP contribution in [0.2, 0.25) is 0 Å². The van der Waals surface area contributed by atoms with Gasteiger partial charge in [0.05, 0.1) is 14.2 Å². The van der Waals surface area contributed by atoms with Gasteiger partial charge in [0.2, 0.25) is 5.69 Å². The van der Waals surface area contributed by atoms with Crippen molar-refractivity contribution >= 4 is 11.6 Å². The third-order valence-corrected chi connectivity index (χ3v) is 5.12. The van der Waals surface area contributed by atoms with E-state index in [0.29, 0.717) is 37.3 Å². The Labute approximate surface area is 174 Å². The summed E-state index contributed by atoms with van der Waals surface area (Å²) >= 11 is 0. The second kappa shape index (κ2) is 9.34. The summed E-state index contributed by atoms with van der Waals surface area (Å²) in [5.74, 6) is 0.132. The quantitative estimate of drug-likeness (QED) is 0.414. The monoisotopic (exact) mass is 414 g/mol. The van der Waals surface area contributed by atoms with Crippen LogP contribution in [0.15, 0.2) is 41.7 Å². The number of amides is 1. The fraction of sp³-hybridized carbons (Fsp3) is 0.381. The van der Waals surface area contributed by atoms with Crippen LogP contribution >= 0.6 is 0 Å². The minimum Gasteiger partial charge on any atom is -0.616 e. The lowest BCUT2D eigenvalue weighted by Gasteiger charge is -2.36. The smallest absolute Gasteiger partial charge is 0.409 e. The molecule has 9 nitrogen and oxygen atoms in total. The van der Waals surface area contributed by atoms with Crippen LogP contribution in [0.5, 0.6) is 11.6 Å². The van der Waals surface area contributed by atoms with Gasteiger partial charge in [-0.3, -0.25) is 9.59 Å². The Hall–Kier alpha value is -3.49. The molecule has 0 radical (unpaired) electrons. The predicted octanol–water partition coefficient (Wildman–Crippen LogP) is 1.11. The number of hydrogen-bond donors (Lipinski definition) is 1. The van der Waals surface area contributed by atoms with Gasteiger partial charge in [0, 0.05) is 44.4 Å². The Kier molecular flexibility index (Phi) is 6.61. The van der Waals surface area contributed by atoms with Gasteiger partial charge in [-0.1, -0.05) is 12.1 Å². The molecule has 2 aromatic rings. The Morgan fingerprint density at radius 2 is 2.00 bits per heavy atom. The topological polar surface area (TPSA) is 102 Å². The predicted molar refractivity (Wildman–Crippen MR) is 112 cm³/mol. The molecule has 160 valence electrons. The number of carbonyl (C=O) groups is 1. The van der Waals surface area contributed by atoms with Crippen molar-refractivity contribution < 1.29 is 19.0 Å². The molecule has 1 amide bonds. The Morgan fingerprint density at radius 1 is 1.27 bits per heavy atom. The van der Waals surface area contributed by atoms with Crippen LogP contribution in [0.3, 0.4) is 0 Å². The largest absolute Gasteiger partial charge is 0.616 e. The number of allylic oxidation sites excluding steroid dienone is 1. The molecule has 1 aromatic carbocycles. The molecule has 1 aliphatic rings. The van der Waals surface area contributed by atoms with Crippen molar-refractivity contribution in [1.82, 2.24) is 9.88 Å². The first-order valence-electron chi connectivity index (χ1n) is 9.72. The van der Waals surface area contributed by atoms with Crippen molar-refractivity contribution in [3.63, 3.8) is 0 Å². The normalized spacial score (nSPS) is 13.8. The van der Waals surface area contributed by atoms with E-state index < -0.39 is 11.5 Å². The molecule has 30 heavy (non-hydrogen) atoms. The molecule has 1 aromatic heterocycles. The van der Waals surface area contributed by atoms with Crippen LogP contribution in [-0.4, -0.2) is 56.2 Å². The summed E-state index contributed by atoms with van der Waals surface area (Å²) in [6.07, 6.45) is 2.30. The fourth-order valence-electron chi connectivity index (χ4n) is 3.47. The maximum atomic E-state index is 13.0. The third-order valence-electron chi connectivity index (χ3n) is 5.12. The molecule has 9 heteroatoms. The Balaban J connectivity index is 1.77. The maximum absolute atomic E-state index is 13.0. The number of nitrogens with zero attached hydrogens (tertiary/aromatic N) is 3. The van der Waals surface area contributed by atoms with Crippen molar-refractivity contribution in [2.45, 2.75) is 12.8 Å². The van der Waals surface area contributed by atoms with Crippen LogP contribution in [0.25, 0.3) is 0 Å². The zero-order valence-electron chi connectivity index (χ0n) is 17.2. The van der Waals surface area contributed by atoms with Gasteiger partial charge < -0.3 is 29.5 Å². The summed E-state index contributed by atoms with van der Waals surface area (Å²) in [4.78, 5) is 31.7. The van der Waals surface area contributed by atoms with E-state index >= 15 is 0 Å². The molecule has 1 saturated heterocycles. The van der Waals surface area contributed by atoms with Crippen LogP contribution in [0.1, 0.15) is 22.6 Å². The number of aromatic nitrogens is 2. The Bertz CT molecular complexity index is 980. The number of ether oxygens (including phenoxy) is 2. The number of rotatable bonds is 7. The highest BCUT2D eigenvalue weighted by Crippen LogP contribution is 2.23. The van der Waals surface area contributed by atoms with Crippen LogP contribution in [0.4, 0.5) is 5.69 Å². The number of hydrogen-bond acceptors (Lipinski definition) is 6. The van der Waals surface area contributed by atoms with Gasteiger partial charge in [-0.25, -0.2) is 0 Å². The molecule has 1 aliphatic heterocycles. The summed E-state index contributed by atoms with van der Waals surface area (Å²) in [6.45, 7) is 5.70. The molecular weight excluding hydrogens is 388 g/mol. The number of anilines is 1. The zero-order chi connectivity index (χ0) is 21.7. The summed E-state index contributed by atoms with van der Waals surface area (Å²) in [6, 6.07) is 7.73. The van der Waals surface area contributed by atoms with Crippen molar-refractivity contribution in [2.75, 3.05) is 45.3 Å². The molecule has 3 rings (SSSR count). The minimum absolute atomic E-state index is 0.00820. The average molecular weight is 414 g/mol. The molecule has 0 spiro atoms. The molecule has 0 atom stereocenters. The van der Waals surface area contributed by atoms with Crippen molar-refractivity contribution in [2.24, 2.45) is 0 Å². The molecule has 1 fully saturated rings. The van der Waals surface area contributed by atoms with Gasteiger partial charge >= 0.3 is 11.4 Å². The van der Waals surface area contributed by atoms with Gasteiger partial charge in [0.1, 0.15) is 5.75 Å². The highest BCUT2D eigenvalue weighted by molar-refractivity contribution is 5.94. The van der Waals surface area contributed by atoms with Crippen LogP contribution in [-0.2, 0) is 6.42 Å².